The van der Waals surface area contributed by atoms with Gasteiger partial charge in [-0.15, -0.1) is 0 Å². The summed E-state index contributed by atoms with van der Waals surface area (Å²) in [5, 5.41) is 0. The molecule has 106 valence electrons. The van der Waals surface area contributed by atoms with Crippen molar-refractivity contribution < 1.29 is 9.47 Å². The lowest BCUT2D eigenvalue weighted by molar-refractivity contribution is 0.133. The Kier molecular flexibility index (Phi) is 4.87. The van der Waals surface area contributed by atoms with Gasteiger partial charge < -0.3 is 20.1 Å². The van der Waals surface area contributed by atoms with Crippen molar-refractivity contribution in [1.82, 2.24) is 9.80 Å². The van der Waals surface area contributed by atoms with Crippen LogP contribution < -0.4 is 15.2 Å². The number of benzene rings is 1. The first-order valence-corrected chi connectivity index (χ1v) is 6.66. The molecule has 0 atom stereocenters. The monoisotopic (exact) mass is 265 g/mol. The quantitative estimate of drug-likeness (QED) is 0.802. The van der Waals surface area contributed by atoms with Crippen molar-refractivity contribution in [3.8, 4) is 11.5 Å². The number of nitrogens with zero attached hydrogens (tertiary/aromatic N) is 2. The molecule has 0 amide bonds. The van der Waals surface area contributed by atoms with E-state index in [-0.39, 0.29) is 0 Å². The average Bonchev–Trinajstić information content (AvgIpc) is 2.42. The third kappa shape index (κ3) is 4.01. The van der Waals surface area contributed by atoms with Gasteiger partial charge in [0, 0.05) is 44.5 Å². The molecule has 5 heteroatoms. The zero-order valence-corrected chi connectivity index (χ0v) is 11.8. The number of rotatable bonds is 5. The first kappa shape index (κ1) is 14.0. The molecule has 2 rings (SSSR count). The predicted molar refractivity (Wildman–Crippen MR) is 76.8 cm³/mol. The number of nitrogen functional groups attached to an aromatic ring is 1. The van der Waals surface area contributed by atoms with Gasteiger partial charge in [0.1, 0.15) is 6.61 Å². The summed E-state index contributed by atoms with van der Waals surface area (Å²) in [5.41, 5.74) is 6.40. The Hall–Kier alpha value is -1.46. The van der Waals surface area contributed by atoms with E-state index in [1.165, 1.54) is 0 Å². The SMILES string of the molecule is COc1cc(N)ccc1OCCN1CCN(C)CC1. The Bertz CT molecular complexity index is 404. The molecule has 0 aromatic heterocycles. The summed E-state index contributed by atoms with van der Waals surface area (Å²) >= 11 is 0. The van der Waals surface area contributed by atoms with Crippen molar-refractivity contribution in [2.24, 2.45) is 0 Å². The second-order valence-electron chi connectivity index (χ2n) is 4.90. The highest BCUT2D eigenvalue weighted by atomic mass is 16.5. The van der Waals surface area contributed by atoms with Crippen LogP contribution in [-0.4, -0.2) is 63.3 Å². The maximum Gasteiger partial charge on any atom is 0.162 e. The van der Waals surface area contributed by atoms with Gasteiger partial charge in [-0.2, -0.15) is 0 Å². The molecule has 0 saturated carbocycles. The summed E-state index contributed by atoms with van der Waals surface area (Å²) in [5.74, 6) is 1.45. The molecule has 5 nitrogen and oxygen atoms in total. The molecule has 1 aliphatic heterocycles. The fourth-order valence-corrected chi connectivity index (χ4v) is 2.16. The van der Waals surface area contributed by atoms with E-state index in [9.17, 15) is 0 Å². The molecule has 0 bridgehead atoms. The molecule has 1 aliphatic rings. The van der Waals surface area contributed by atoms with Gasteiger partial charge in [-0.25, -0.2) is 0 Å². The number of likely N-dealkylation sites (N-methyl/N-ethyl adjacent to an activating group) is 1. The highest BCUT2D eigenvalue weighted by Crippen LogP contribution is 2.28. The Balaban J connectivity index is 1.79. The maximum atomic E-state index is 5.78. The molecular formula is C14H23N3O2. The topological polar surface area (TPSA) is 51.0 Å². The lowest BCUT2D eigenvalue weighted by atomic mass is 10.3. The number of hydrogen-bond acceptors (Lipinski definition) is 5. The lowest BCUT2D eigenvalue weighted by Crippen LogP contribution is -2.45. The normalized spacial score (nSPS) is 17.4. The Morgan fingerprint density at radius 3 is 2.58 bits per heavy atom. The molecule has 1 aromatic rings. The van der Waals surface area contributed by atoms with Gasteiger partial charge in [0.25, 0.3) is 0 Å². The molecule has 0 aliphatic carbocycles. The number of methoxy groups -OCH3 is 1. The zero-order chi connectivity index (χ0) is 13.7. The highest BCUT2D eigenvalue weighted by Gasteiger charge is 2.13. The van der Waals surface area contributed by atoms with Gasteiger partial charge in [-0.3, -0.25) is 4.90 Å². The van der Waals surface area contributed by atoms with Crippen molar-refractivity contribution >= 4 is 5.69 Å². The zero-order valence-electron chi connectivity index (χ0n) is 11.8. The smallest absolute Gasteiger partial charge is 0.162 e. The molecular weight excluding hydrogens is 242 g/mol. The second kappa shape index (κ2) is 6.63. The van der Waals surface area contributed by atoms with Gasteiger partial charge in [0.05, 0.1) is 7.11 Å². The van der Waals surface area contributed by atoms with Crippen LogP contribution in [0.5, 0.6) is 11.5 Å². The van der Waals surface area contributed by atoms with Crippen molar-refractivity contribution in [3.05, 3.63) is 18.2 Å². The third-order valence-electron chi connectivity index (χ3n) is 3.45. The van der Waals surface area contributed by atoms with Gasteiger partial charge in [-0.05, 0) is 19.2 Å². The molecule has 1 heterocycles. The fraction of sp³-hybridized carbons (Fsp3) is 0.571. The minimum absolute atomic E-state index is 0.671. The molecule has 0 radical (unpaired) electrons. The largest absolute Gasteiger partial charge is 0.493 e. The summed E-state index contributed by atoms with van der Waals surface area (Å²) in [6, 6.07) is 5.47. The first-order valence-electron chi connectivity index (χ1n) is 6.66. The van der Waals surface area contributed by atoms with E-state index < -0.39 is 0 Å². The van der Waals surface area contributed by atoms with Crippen LogP contribution in [0.15, 0.2) is 18.2 Å². The molecule has 2 N–H and O–H groups in total. The molecule has 0 spiro atoms. The predicted octanol–water partition coefficient (Wildman–Crippen LogP) is 0.904. The minimum Gasteiger partial charge on any atom is -0.493 e. The Morgan fingerprint density at radius 2 is 1.89 bits per heavy atom. The maximum absolute atomic E-state index is 5.78. The second-order valence-corrected chi connectivity index (χ2v) is 4.90. The van der Waals surface area contributed by atoms with E-state index in [0.29, 0.717) is 18.0 Å². The van der Waals surface area contributed by atoms with Crippen molar-refractivity contribution in [1.29, 1.82) is 0 Å². The molecule has 19 heavy (non-hydrogen) atoms. The number of hydrogen-bond donors (Lipinski definition) is 1. The number of nitrogens with two attached hydrogens (primary N) is 1. The summed E-state index contributed by atoms with van der Waals surface area (Å²) in [7, 11) is 3.79. The van der Waals surface area contributed by atoms with E-state index in [1.807, 2.05) is 12.1 Å². The van der Waals surface area contributed by atoms with Gasteiger partial charge in [0.15, 0.2) is 11.5 Å². The molecule has 1 aromatic carbocycles. The van der Waals surface area contributed by atoms with E-state index in [1.54, 1.807) is 13.2 Å². The fourth-order valence-electron chi connectivity index (χ4n) is 2.16. The van der Waals surface area contributed by atoms with Gasteiger partial charge in [-0.1, -0.05) is 0 Å². The van der Waals surface area contributed by atoms with Gasteiger partial charge in [0.2, 0.25) is 0 Å². The number of piperazine rings is 1. The van der Waals surface area contributed by atoms with Gasteiger partial charge >= 0.3 is 0 Å². The van der Waals surface area contributed by atoms with Crippen LogP contribution >= 0.6 is 0 Å². The van der Waals surface area contributed by atoms with Crippen LogP contribution in [0.25, 0.3) is 0 Å². The highest BCUT2D eigenvalue weighted by molar-refractivity contribution is 5.51. The van der Waals surface area contributed by atoms with E-state index in [4.69, 9.17) is 15.2 Å². The van der Waals surface area contributed by atoms with E-state index >= 15 is 0 Å². The summed E-state index contributed by atoms with van der Waals surface area (Å²) in [6.07, 6.45) is 0. The standard InChI is InChI=1S/C14H23N3O2/c1-16-5-7-17(8-6-16)9-10-19-13-4-3-12(15)11-14(13)18-2/h3-4,11H,5-10,15H2,1-2H3. The first-order chi connectivity index (χ1) is 9.19. The Morgan fingerprint density at radius 1 is 1.16 bits per heavy atom. The van der Waals surface area contributed by atoms with Crippen LogP contribution in [-0.2, 0) is 0 Å². The summed E-state index contributed by atoms with van der Waals surface area (Å²) in [4.78, 5) is 4.77. The summed E-state index contributed by atoms with van der Waals surface area (Å²) < 4.78 is 11.0. The van der Waals surface area contributed by atoms with E-state index in [2.05, 4.69) is 16.8 Å². The summed E-state index contributed by atoms with van der Waals surface area (Å²) in [6.45, 7) is 6.10. The third-order valence-corrected chi connectivity index (χ3v) is 3.45. The average molecular weight is 265 g/mol. The van der Waals surface area contributed by atoms with Crippen LogP contribution in [0.4, 0.5) is 5.69 Å². The van der Waals surface area contributed by atoms with Crippen molar-refractivity contribution in [2.45, 2.75) is 0 Å². The van der Waals surface area contributed by atoms with Crippen LogP contribution in [0, 0.1) is 0 Å². The molecule has 1 saturated heterocycles. The van der Waals surface area contributed by atoms with Crippen molar-refractivity contribution in [2.75, 3.05) is 59.2 Å². The van der Waals surface area contributed by atoms with Crippen LogP contribution in [0.1, 0.15) is 0 Å². The molecule has 1 fully saturated rings. The minimum atomic E-state index is 0.671. The number of ether oxygens (including phenoxy) is 2. The lowest BCUT2D eigenvalue weighted by Gasteiger charge is -2.32. The van der Waals surface area contributed by atoms with E-state index in [0.717, 1.165) is 38.5 Å². The van der Waals surface area contributed by atoms with Crippen LogP contribution in [0.2, 0.25) is 0 Å². The van der Waals surface area contributed by atoms with Crippen LogP contribution in [0.3, 0.4) is 0 Å². The molecule has 0 unspecified atom stereocenters. The number of anilines is 1. The Labute approximate surface area is 114 Å². The van der Waals surface area contributed by atoms with Crippen molar-refractivity contribution in [3.63, 3.8) is 0 Å².